The number of carboxylic acid groups (broad SMARTS) is 2. The number of hydrogen-bond donors (Lipinski definition) is 13. The molecule has 4 bridgehead atoms. The molecule has 132 heavy (non-hydrogen) atoms. The van der Waals surface area contributed by atoms with Crippen LogP contribution in [0.2, 0.25) is 0 Å². The molecule has 0 aliphatic carbocycles. The molecule has 6 aliphatic heterocycles. The molecule has 0 radical (unpaired) electrons. The highest BCUT2D eigenvalue weighted by molar-refractivity contribution is 6.07. The molecule has 12 atom stereocenters. The van der Waals surface area contributed by atoms with Crippen molar-refractivity contribution in [2.75, 3.05) is 88.3 Å². The summed E-state index contributed by atoms with van der Waals surface area (Å²) in [6.45, 7) is 15.3. The molecule has 2 unspecified atom stereocenters. The zero-order valence-corrected chi connectivity index (χ0v) is 75.6. The average molecular weight is 1820 g/mol. The molecule has 6 aromatic carbocycles. The molecule has 4 saturated heterocycles. The number of nitrogens with one attached hydrogen (secondary N) is 9. The lowest BCUT2D eigenvalue weighted by molar-refractivity contribution is -0.142. The molecule has 12 rings (SSSR count). The number of benzene rings is 6. The van der Waals surface area contributed by atoms with Gasteiger partial charge in [-0.15, -0.1) is 0 Å². The third kappa shape index (κ3) is 24.0. The summed E-state index contributed by atoms with van der Waals surface area (Å²) in [6.07, 6.45) is -2.94. The summed E-state index contributed by atoms with van der Waals surface area (Å²) in [4.78, 5) is 233. The zero-order chi connectivity index (χ0) is 95.1. The molecule has 35 heteroatoms. The molecular formula is C97H119N15O20. The van der Waals surface area contributed by atoms with E-state index >= 15 is 0 Å². The second-order valence-electron chi connectivity index (χ2n) is 35.9. The van der Waals surface area contributed by atoms with Crippen molar-refractivity contribution in [1.29, 1.82) is 0 Å². The van der Waals surface area contributed by atoms with Gasteiger partial charge in [-0.3, -0.25) is 76.7 Å². The van der Waals surface area contributed by atoms with Gasteiger partial charge in [0.1, 0.15) is 42.3 Å². The number of carbonyl (C=O) groups excluding carboxylic acids is 14. The Balaban J connectivity index is 0.712. The number of anilines is 2. The number of ketones is 1. The van der Waals surface area contributed by atoms with Crippen LogP contribution >= 0.6 is 0 Å². The molecule has 0 aromatic heterocycles. The first-order chi connectivity index (χ1) is 63.0. The molecule has 0 saturated carbocycles. The monoisotopic (exact) mass is 1810 g/mol. The maximum absolute atomic E-state index is 14.9. The van der Waals surface area contributed by atoms with E-state index in [1.54, 1.807) is 70.5 Å². The van der Waals surface area contributed by atoms with Gasteiger partial charge in [0.2, 0.25) is 59.1 Å². The van der Waals surface area contributed by atoms with Crippen molar-refractivity contribution >= 4 is 106 Å². The first-order valence-corrected chi connectivity index (χ1v) is 45.3. The molecule has 6 aromatic rings. The fourth-order valence-electron chi connectivity index (χ4n) is 18.1. The fraction of sp³-hybridized carbons (Fsp3) is 0.464. The van der Waals surface area contributed by atoms with E-state index in [2.05, 4.69) is 57.7 Å². The van der Waals surface area contributed by atoms with Crippen LogP contribution in [0.5, 0.6) is 0 Å². The second kappa shape index (κ2) is 44.0. The van der Waals surface area contributed by atoms with Gasteiger partial charge in [-0.2, -0.15) is 0 Å². The summed E-state index contributed by atoms with van der Waals surface area (Å²) in [5, 5.41) is 65.0. The Morgan fingerprint density at radius 2 is 0.788 bits per heavy atom. The van der Waals surface area contributed by atoms with Crippen LogP contribution in [0.1, 0.15) is 166 Å². The zero-order valence-electron chi connectivity index (χ0n) is 75.6. The van der Waals surface area contributed by atoms with Gasteiger partial charge in [0, 0.05) is 138 Å². The van der Waals surface area contributed by atoms with E-state index in [1.165, 1.54) is 37.5 Å². The van der Waals surface area contributed by atoms with Gasteiger partial charge in [0.15, 0.2) is 5.78 Å². The molecule has 13 amide bonds. The van der Waals surface area contributed by atoms with Crippen molar-refractivity contribution in [2.45, 2.75) is 181 Å². The van der Waals surface area contributed by atoms with Crippen molar-refractivity contribution < 1.29 is 97.1 Å². The molecule has 6 heterocycles. The number of aliphatic carboxylic acids is 2. The second-order valence-corrected chi connectivity index (χ2v) is 35.9. The molecule has 4 fully saturated rings. The minimum absolute atomic E-state index is 0.0735. The average Bonchev–Trinajstić information content (AvgIpc) is 1.06. The van der Waals surface area contributed by atoms with Crippen LogP contribution in [0.15, 0.2) is 133 Å². The van der Waals surface area contributed by atoms with Gasteiger partial charge in [-0.25, -0.2) is 0 Å². The van der Waals surface area contributed by atoms with E-state index in [0.717, 1.165) is 16.9 Å². The van der Waals surface area contributed by atoms with Crippen LogP contribution < -0.4 is 57.7 Å². The Hall–Kier alpha value is -13.4. The number of amides is 13. The molecular weight excluding hydrogens is 1700 g/mol. The first-order valence-electron chi connectivity index (χ1n) is 45.3. The van der Waals surface area contributed by atoms with Crippen molar-refractivity contribution in [1.82, 2.24) is 67.5 Å². The number of carboxylic acids is 2. The number of hydrogen-bond acceptors (Lipinski definition) is 20. The number of aliphatic hydroxyl groups is 2. The Morgan fingerprint density at radius 1 is 0.394 bits per heavy atom. The number of nitrogens with zero attached hydrogens (tertiary/aromatic N) is 6. The lowest BCUT2D eigenvalue weighted by atomic mass is 9.88. The van der Waals surface area contributed by atoms with Crippen molar-refractivity contribution in [3.8, 4) is 33.4 Å². The largest absolute Gasteiger partial charge is 0.481 e. The normalized spacial score (nSPS) is 23.5. The molecule has 0 spiro atoms. The van der Waals surface area contributed by atoms with Gasteiger partial charge < -0.3 is 97.7 Å². The van der Waals surface area contributed by atoms with Crippen LogP contribution in [0, 0.1) is 29.6 Å². The van der Waals surface area contributed by atoms with Crippen LogP contribution in [0.4, 0.5) is 11.4 Å². The van der Waals surface area contributed by atoms with Crippen LogP contribution in [-0.4, -0.2) is 268 Å². The molecule has 6 aliphatic rings. The van der Waals surface area contributed by atoms with Gasteiger partial charge in [-0.05, 0) is 177 Å². The number of fused-ring (bicyclic) bond motifs is 6. The number of aliphatic hydroxyl groups excluding tert-OH is 2. The quantitative estimate of drug-likeness (QED) is 0.0602. The summed E-state index contributed by atoms with van der Waals surface area (Å²) >= 11 is 0. The number of Topliss-reactive ketones (excluding diaryl/α,β-unsaturated/α-hetero) is 1. The lowest BCUT2D eigenvalue weighted by Crippen LogP contribution is -2.56. The van der Waals surface area contributed by atoms with E-state index in [1.807, 2.05) is 100 Å². The third-order valence-electron chi connectivity index (χ3n) is 25.4. The van der Waals surface area contributed by atoms with Gasteiger partial charge in [-0.1, -0.05) is 107 Å². The summed E-state index contributed by atoms with van der Waals surface area (Å²) in [5.41, 5.74) is 7.79. The molecule has 13 N–H and O–H groups in total. The number of piperazine rings is 2. The Morgan fingerprint density at radius 3 is 1.20 bits per heavy atom. The predicted molar refractivity (Wildman–Crippen MR) is 488 cm³/mol. The van der Waals surface area contributed by atoms with E-state index in [-0.39, 0.29) is 80.2 Å². The van der Waals surface area contributed by atoms with Crippen molar-refractivity contribution in [3.05, 3.63) is 167 Å². The standard InChI is InChI=1S/C97H119N15O20/c1-54(2)43-64-47-82(115)62-25-31-69(65(45-62)50-98-92(127)80-19-13-33-111(80)94(129)56(5)102-87(122)75(58(7)113)52-100-89(124)78(48-83(116)117)105-86(64)121)60-21-27-67(28-22-60)107-35-39-109(40-36-107)96(131)73-17-11-9-15-71(73)72-16-10-12-18-74(72)97(132)110-41-37-108(38-42-110)68-29-23-61(24-30-68)70-32-26-63-46-66(70)51-99-93(128)81-20-14-34-112(81)95(130)57(6)103-88(123)76(59(8)114)53-101-90(125)79(49-84(118)119)106-91(126)77(44-55(3)4)104-85(63)120/h9-12,15-18,21-32,45-46,54-59,64,75-81,113-114H,13-14,19-20,33-44,47-53H2,1-8H3,(H,98,127)(H,99,128)(H,100,124)(H,101,125)(H,102,122)(H,103,123)(H,104,120)(H,105,121)(H,106,126)(H,116,117)(H,118,119)/t56-,57-,58+,59+,64+,75?,76?,77-,78-,79-,80-,81-/m0/s1. The van der Waals surface area contributed by atoms with E-state index in [9.17, 15) is 97.1 Å². The van der Waals surface area contributed by atoms with Crippen molar-refractivity contribution in [3.63, 3.8) is 0 Å². The van der Waals surface area contributed by atoms with E-state index in [4.69, 9.17) is 0 Å². The highest BCUT2D eigenvalue weighted by Crippen LogP contribution is 2.35. The summed E-state index contributed by atoms with van der Waals surface area (Å²) in [6, 6.07) is 31.0. The Bertz CT molecular complexity index is 5010. The molecule has 702 valence electrons. The Labute approximate surface area is 765 Å². The topological polar surface area (TPSA) is 482 Å². The predicted octanol–water partition coefficient (Wildman–Crippen LogP) is 4.39. The SMILES string of the molecule is CC(C)C[C@@H]1CC(=O)c2ccc(-c3ccc(N4CCN(C(=O)c5ccccc5-c5ccccc5C(=O)N5CCN(c6ccc(-c7ccc8cc7CNC(=O)[C@@H]7CCCN7C(=O)[C@H](C)NC(=O)C([C@@H](C)O)CNC(=O)[C@H](CC(=O)O)NC(=O)[C@H](CC(C)C)NC8=O)cc6)CC5)CC4)cc3)c(c2)CNC(=O)[C@@H]2CCCN2C(=O)[C@H](C)NC(=O)C([C@@H](C)O)CNC(=O)[C@H](CC(=O)O)NC1=O. The smallest absolute Gasteiger partial charge is 0.305 e. The van der Waals surface area contributed by atoms with E-state index < -0.39 is 181 Å². The van der Waals surface area contributed by atoms with Crippen LogP contribution in [0.3, 0.4) is 0 Å². The van der Waals surface area contributed by atoms with Crippen LogP contribution in [0.25, 0.3) is 33.4 Å². The van der Waals surface area contributed by atoms with E-state index in [0.29, 0.717) is 128 Å². The summed E-state index contributed by atoms with van der Waals surface area (Å²) in [7, 11) is 0. The van der Waals surface area contributed by atoms with Crippen LogP contribution in [-0.2, 0) is 70.6 Å². The minimum Gasteiger partial charge on any atom is -0.481 e. The highest BCUT2D eigenvalue weighted by Gasteiger charge is 2.42. The first kappa shape index (κ1) is 97.6. The Kier molecular flexibility index (Phi) is 32.5. The summed E-state index contributed by atoms with van der Waals surface area (Å²) < 4.78 is 0. The minimum atomic E-state index is -1.67. The van der Waals surface area contributed by atoms with Crippen molar-refractivity contribution in [2.24, 2.45) is 29.6 Å². The fourth-order valence-corrected chi connectivity index (χ4v) is 18.1. The highest BCUT2D eigenvalue weighted by atomic mass is 16.4. The maximum atomic E-state index is 14.9. The summed E-state index contributed by atoms with van der Waals surface area (Å²) in [5.74, 6) is -15.6. The van der Waals surface area contributed by atoms with Gasteiger partial charge in [0.25, 0.3) is 17.7 Å². The van der Waals surface area contributed by atoms with Gasteiger partial charge in [0.05, 0.1) is 36.9 Å². The number of carbonyl (C=O) groups is 16. The molecule has 35 nitrogen and oxygen atoms in total. The lowest BCUT2D eigenvalue weighted by Gasteiger charge is -2.37. The third-order valence-corrected chi connectivity index (χ3v) is 25.4. The van der Waals surface area contributed by atoms with Gasteiger partial charge >= 0.3 is 11.9 Å². The maximum Gasteiger partial charge on any atom is 0.305 e. The number of rotatable bonds is 17.